The predicted octanol–water partition coefficient (Wildman–Crippen LogP) is 1.80. The number of carboxylic acids is 1. The van der Waals surface area contributed by atoms with E-state index in [1.165, 1.54) is 6.08 Å². The van der Waals surface area contributed by atoms with Gasteiger partial charge in [-0.05, 0) is 6.42 Å². The predicted molar refractivity (Wildman–Crippen MR) is 37.9 cm³/mol. The quantitative estimate of drug-likeness (QED) is 0.685. The Bertz CT molecular complexity index is 188. The van der Waals surface area contributed by atoms with Crippen LogP contribution in [0.4, 0.5) is 13.2 Å². The highest BCUT2D eigenvalue weighted by Gasteiger charge is 2.31. The van der Waals surface area contributed by atoms with Gasteiger partial charge in [0, 0.05) is 0 Å². The Morgan fingerprint density at radius 1 is 1.62 bits per heavy atom. The molecule has 0 aromatic rings. The van der Waals surface area contributed by atoms with Crippen LogP contribution in [0.5, 0.6) is 0 Å². The minimum Gasteiger partial charge on any atom is -0.481 e. The van der Waals surface area contributed by atoms with E-state index in [-0.39, 0.29) is 6.42 Å². The molecule has 0 aromatic carbocycles. The van der Waals surface area contributed by atoms with Gasteiger partial charge < -0.3 is 5.11 Å². The van der Waals surface area contributed by atoms with Crippen molar-refractivity contribution in [1.29, 1.82) is 0 Å². The van der Waals surface area contributed by atoms with Crippen LogP contribution < -0.4 is 0 Å². The molecule has 0 fully saturated rings. The summed E-state index contributed by atoms with van der Waals surface area (Å²) in [7, 11) is 0. The molecule has 0 unspecified atom stereocenters. The van der Waals surface area contributed by atoms with Gasteiger partial charge in [0.25, 0.3) is 0 Å². The second-order valence-corrected chi connectivity index (χ2v) is 2.32. The van der Waals surface area contributed by atoms with E-state index in [9.17, 15) is 18.0 Å². The zero-order chi connectivity index (χ0) is 10.5. The third kappa shape index (κ3) is 6.15. The molecule has 6 heteroatoms. The van der Waals surface area contributed by atoms with Crippen molar-refractivity contribution in [1.82, 2.24) is 0 Å². The van der Waals surface area contributed by atoms with E-state index >= 15 is 0 Å². The van der Waals surface area contributed by atoms with Gasteiger partial charge in [-0.25, -0.2) is 0 Å². The van der Waals surface area contributed by atoms with E-state index in [0.717, 1.165) is 0 Å². The molecule has 0 saturated heterocycles. The normalized spacial score (nSPS) is 13.8. The van der Waals surface area contributed by atoms with Gasteiger partial charge in [-0.3, -0.25) is 9.53 Å². The van der Waals surface area contributed by atoms with Gasteiger partial charge in [0.05, 0.1) is 12.5 Å². The van der Waals surface area contributed by atoms with E-state index in [0.29, 0.717) is 0 Å². The molecule has 1 N–H and O–H groups in total. The van der Waals surface area contributed by atoms with Crippen LogP contribution in [0.15, 0.2) is 12.7 Å². The smallest absolute Gasteiger partial charge is 0.481 e. The lowest BCUT2D eigenvalue weighted by Crippen LogP contribution is -2.24. The molecule has 0 aliphatic heterocycles. The van der Waals surface area contributed by atoms with Crippen LogP contribution in [0.1, 0.15) is 6.42 Å². The van der Waals surface area contributed by atoms with Gasteiger partial charge in [-0.15, -0.1) is 19.8 Å². The molecule has 3 nitrogen and oxygen atoms in total. The standard InChI is InChI=1S/C7H9F3O3/c1-2-3-5(6(11)12)4-13-7(8,9)10/h2,5H,1,3-4H2,(H,11,12)/t5-/m0/s1. The molecule has 1 atom stereocenters. The Labute approximate surface area is 72.8 Å². The number of allylic oxidation sites excluding steroid dienone is 1. The van der Waals surface area contributed by atoms with Crippen molar-refractivity contribution in [2.75, 3.05) is 6.61 Å². The first-order valence-corrected chi connectivity index (χ1v) is 3.41. The van der Waals surface area contributed by atoms with Crippen LogP contribution in [0.2, 0.25) is 0 Å². The molecule has 0 bridgehead atoms. The maximum absolute atomic E-state index is 11.5. The van der Waals surface area contributed by atoms with Gasteiger partial charge in [0.2, 0.25) is 0 Å². The van der Waals surface area contributed by atoms with E-state index in [1.807, 2.05) is 0 Å². The molecular weight excluding hydrogens is 189 g/mol. The average Bonchev–Trinajstić information content (AvgIpc) is 1.95. The number of ether oxygens (including phenoxy) is 1. The van der Waals surface area contributed by atoms with Crippen LogP contribution in [0.25, 0.3) is 0 Å². The lowest BCUT2D eigenvalue weighted by Gasteiger charge is -2.11. The summed E-state index contributed by atoms with van der Waals surface area (Å²) in [6.45, 7) is 2.34. The van der Waals surface area contributed by atoms with Crippen LogP contribution in [-0.2, 0) is 9.53 Å². The Morgan fingerprint density at radius 2 is 2.15 bits per heavy atom. The van der Waals surface area contributed by atoms with Crippen molar-refractivity contribution in [3.05, 3.63) is 12.7 Å². The van der Waals surface area contributed by atoms with E-state index in [2.05, 4.69) is 11.3 Å². The number of halogens is 3. The van der Waals surface area contributed by atoms with Gasteiger partial charge >= 0.3 is 12.3 Å². The Kier molecular flexibility index (Phi) is 4.47. The number of hydrogen-bond acceptors (Lipinski definition) is 2. The highest BCUT2D eigenvalue weighted by Crippen LogP contribution is 2.18. The average molecular weight is 198 g/mol. The molecule has 0 heterocycles. The maximum atomic E-state index is 11.5. The van der Waals surface area contributed by atoms with Crippen molar-refractivity contribution in [2.24, 2.45) is 5.92 Å². The molecule has 76 valence electrons. The highest BCUT2D eigenvalue weighted by molar-refractivity contribution is 5.70. The monoisotopic (exact) mass is 198 g/mol. The summed E-state index contributed by atoms with van der Waals surface area (Å²) in [5.41, 5.74) is 0. The number of aliphatic carboxylic acids is 1. The van der Waals surface area contributed by atoms with E-state index < -0.39 is 24.9 Å². The third-order valence-electron chi connectivity index (χ3n) is 1.25. The molecule has 0 radical (unpaired) electrons. The molecule has 0 amide bonds. The maximum Gasteiger partial charge on any atom is 0.522 e. The van der Waals surface area contributed by atoms with Gasteiger partial charge in [0.15, 0.2) is 0 Å². The van der Waals surface area contributed by atoms with Crippen LogP contribution in [0, 0.1) is 5.92 Å². The fourth-order valence-corrected chi connectivity index (χ4v) is 0.636. The van der Waals surface area contributed by atoms with Crippen molar-refractivity contribution in [3.8, 4) is 0 Å². The molecule has 0 aliphatic carbocycles. The number of carbonyl (C=O) groups is 1. The van der Waals surface area contributed by atoms with E-state index in [4.69, 9.17) is 5.11 Å². The second-order valence-electron chi connectivity index (χ2n) is 2.32. The minimum atomic E-state index is -4.78. The fourth-order valence-electron chi connectivity index (χ4n) is 0.636. The lowest BCUT2D eigenvalue weighted by atomic mass is 10.1. The van der Waals surface area contributed by atoms with Crippen LogP contribution in [-0.4, -0.2) is 24.0 Å². The summed E-state index contributed by atoms with van der Waals surface area (Å²) in [5.74, 6) is -2.52. The largest absolute Gasteiger partial charge is 0.522 e. The van der Waals surface area contributed by atoms with Crippen molar-refractivity contribution in [3.63, 3.8) is 0 Å². The van der Waals surface area contributed by atoms with Crippen LogP contribution >= 0.6 is 0 Å². The van der Waals surface area contributed by atoms with Crippen molar-refractivity contribution in [2.45, 2.75) is 12.8 Å². The first kappa shape index (κ1) is 12.0. The first-order chi connectivity index (χ1) is 5.87. The topological polar surface area (TPSA) is 46.5 Å². The third-order valence-corrected chi connectivity index (χ3v) is 1.25. The summed E-state index contributed by atoms with van der Waals surface area (Å²) in [5, 5.41) is 8.41. The van der Waals surface area contributed by atoms with Crippen molar-refractivity contribution < 1.29 is 27.8 Å². The van der Waals surface area contributed by atoms with Crippen molar-refractivity contribution >= 4 is 5.97 Å². The molecule has 0 aromatic heterocycles. The Balaban J connectivity index is 3.97. The molecule has 0 spiro atoms. The second kappa shape index (κ2) is 4.86. The molecule has 0 rings (SSSR count). The summed E-state index contributed by atoms with van der Waals surface area (Å²) >= 11 is 0. The Hall–Kier alpha value is -1.04. The minimum absolute atomic E-state index is 0.0502. The first-order valence-electron chi connectivity index (χ1n) is 3.41. The summed E-state index contributed by atoms with van der Waals surface area (Å²) in [6.07, 6.45) is -3.60. The number of hydrogen-bond donors (Lipinski definition) is 1. The fraction of sp³-hybridized carbons (Fsp3) is 0.571. The molecule has 0 aliphatic rings. The highest BCUT2D eigenvalue weighted by atomic mass is 19.4. The molecular formula is C7H9F3O3. The Morgan fingerprint density at radius 3 is 2.46 bits per heavy atom. The number of alkyl halides is 3. The molecule has 13 heavy (non-hydrogen) atoms. The summed E-state index contributed by atoms with van der Waals surface area (Å²) in [4.78, 5) is 10.3. The van der Waals surface area contributed by atoms with Gasteiger partial charge in [0.1, 0.15) is 0 Å². The SMILES string of the molecule is C=CC[C@@H](COC(F)(F)F)C(=O)O. The summed E-state index contributed by atoms with van der Waals surface area (Å²) in [6, 6.07) is 0. The lowest BCUT2D eigenvalue weighted by molar-refractivity contribution is -0.327. The summed E-state index contributed by atoms with van der Waals surface area (Å²) < 4.78 is 37.8. The number of carboxylic acid groups (broad SMARTS) is 1. The number of rotatable bonds is 5. The zero-order valence-electron chi connectivity index (χ0n) is 6.67. The van der Waals surface area contributed by atoms with Gasteiger partial charge in [-0.1, -0.05) is 6.08 Å². The van der Waals surface area contributed by atoms with E-state index in [1.54, 1.807) is 0 Å². The van der Waals surface area contributed by atoms with Gasteiger partial charge in [-0.2, -0.15) is 0 Å². The molecule has 0 saturated carbocycles. The van der Waals surface area contributed by atoms with Crippen LogP contribution in [0.3, 0.4) is 0 Å². The zero-order valence-corrected chi connectivity index (χ0v) is 6.67.